The quantitative estimate of drug-likeness (QED) is 0.295. The van der Waals surface area contributed by atoms with Crippen molar-refractivity contribution in [2.45, 2.75) is 39.0 Å². The maximum absolute atomic E-state index is 16.3. The average Bonchev–Trinajstić information content (AvgIpc) is 3.32. The van der Waals surface area contributed by atoms with Crippen LogP contribution in [0.1, 0.15) is 50.7 Å². The molecular formula is C28H24ClF2N7O. The van der Waals surface area contributed by atoms with Crippen LogP contribution >= 0.6 is 11.6 Å². The van der Waals surface area contributed by atoms with Crippen molar-refractivity contribution in [3.05, 3.63) is 104 Å². The predicted molar refractivity (Wildman–Crippen MR) is 143 cm³/mol. The predicted octanol–water partition coefficient (Wildman–Crippen LogP) is 5.34. The first-order valence-corrected chi connectivity index (χ1v) is 12.6. The van der Waals surface area contributed by atoms with E-state index < -0.39 is 24.2 Å². The molecule has 1 aromatic carbocycles. The van der Waals surface area contributed by atoms with Gasteiger partial charge in [-0.2, -0.15) is 15.0 Å². The second-order valence-corrected chi connectivity index (χ2v) is 10.0. The molecule has 4 aromatic heterocycles. The average molecular weight is 551 g/mol. The normalized spacial score (nSPS) is 18.1. The van der Waals surface area contributed by atoms with Crippen molar-refractivity contribution >= 4 is 11.6 Å². The van der Waals surface area contributed by atoms with E-state index in [4.69, 9.17) is 15.7 Å². The molecule has 1 fully saturated rings. The Morgan fingerprint density at radius 2 is 1.92 bits per heavy atom. The van der Waals surface area contributed by atoms with Gasteiger partial charge in [0, 0.05) is 46.9 Å². The van der Waals surface area contributed by atoms with Crippen molar-refractivity contribution in [2.75, 3.05) is 0 Å². The second kappa shape index (κ2) is 9.23. The van der Waals surface area contributed by atoms with Gasteiger partial charge in [0.1, 0.15) is 16.5 Å². The van der Waals surface area contributed by atoms with E-state index in [-0.39, 0.29) is 39.5 Å². The first kappa shape index (κ1) is 21.7. The number of hydrogen-bond acceptors (Lipinski definition) is 5. The van der Waals surface area contributed by atoms with Crippen molar-refractivity contribution < 1.29 is 12.9 Å². The fourth-order valence-electron chi connectivity index (χ4n) is 5.14. The van der Waals surface area contributed by atoms with Gasteiger partial charge in [-0.05, 0) is 62.4 Å². The van der Waals surface area contributed by atoms with Gasteiger partial charge in [0.25, 0.3) is 5.56 Å². The molecule has 2 atom stereocenters. The minimum atomic E-state index is -2.49. The molecule has 0 bridgehead atoms. The number of halogens is 3. The lowest BCUT2D eigenvalue weighted by Gasteiger charge is -2.18. The van der Waals surface area contributed by atoms with Gasteiger partial charge >= 0.3 is 0 Å². The Balaban J connectivity index is 1.41. The van der Waals surface area contributed by atoms with Gasteiger partial charge in [0.05, 0.1) is 23.3 Å². The highest BCUT2D eigenvalue weighted by molar-refractivity contribution is 6.31. The molecule has 4 heterocycles. The molecule has 39 heavy (non-hydrogen) atoms. The zero-order valence-corrected chi connectivity index (χ0v) is 21.9. The van der Waals surface area contributed by atoms with Gasteiger partial charge < -0.3 is 4.57 Å². The molecule has 0 spiro atoms. The molecule has 0 amide bonds. The maximum atomic E-state index is 16.3. The van der Waals surface area contributed by atoms with Gasteiger partial charge in [-0.3, -0.25) is 14.3 Å². The SMILES string of the molecule is [2H]C([2H])([2H])n1ncc([C@H]2C[C@@H]2c2cc(C)n(-c3c(C)cnc(-c4cccc(-n5ccnc5C)c4F)c3F)c(=O)c2Cl)n1. The van der Waals surface area contributed by atoms with Crippen molar-refractivity contribution in [2.24, 2.45) is 6.98 Å². The van der Waals surface area contributed by atoms with Crippen molar-refractivity contribution in [1.82, 2.24) is 34.1 Å². The number of benzene rings is 1. The van der Waals surface area contributed by atoms with Gasteiger partial charge in [-0.15, -0.1) is 0 Å². The van der Waals surface area contributed by atoms with E-state index in [1.807, 2.05) is 0 Å². The first-order valence-electron chi connectivity index (χ1n) is 13.7. The van der Waals surface area contributed by atoms with Crippen molar-refractivity contribution in [3.8, 4) is 22.6 Å². The molecule has 5 aromatic rings. The lowest BCUT2D eigenvalue weighted by molar-refractivity contribution is 0.598. The van der Waals surface area contributed by atoms with Crippen molar-refractivity contribution in [1.29, 1.82) is 0 Å². The topological polar surface area (TPSA) is 83.4 Å². The van der Waals surface area contributed by atoms with E-state index in [0.717, 1.165) is 0 Å². The molecule has 0 radical (unpaired) electrons. The third kappa shape index (κ3) is 4.06. The Kier molecular flexibility index (Phi) is 5.14. The summed E-state index contributed by atoms with van der Waals surface area (Å²) in [5.41, 5.74) is 0.979. The Morgan fingerprint density at radius 3 is 2.64 bits per heavy atom. The highest BCUT2D eigenvalue weighted by Gasteiger charge is 2.43. The Labute approximate surface area is 231 Å². The summed E-state index contributed by atoms with van der Waals surface area (Å²) in [6, 6.07) is 6.30. The number of pyridine rings is 2. The molecule has 1 aliphatic carbocycles. The molecule has 0 saturated heterocycles. The van der Waals surface area contributed by atoms with E-state index in [1.54, 1.807) is 49.7 Å². The van der Waals surface area contributed by atoms with Crippen LogP contribution in [0.2, 0.25) is 5.02 Å². The number of aromatic nitrogens is 7. The van der Waals surface area contributed by atoms with Crippen LogP contribution in [-0.4, -0.2) is 34.1 Å². The van der Waals surface area contributed by atoms with Crippen LogP contribution in [0.25, 0.3) is 22.6 Å². The number of rotatable bonds is 5. The smallest absolute Gasteiger partial charge is 0.274 e. The zero-order chi connectivity index (χ0) is 30.1. The number of imidazole rings is 1. The van der Waals surface area contributed by atoms with Crippen LogP contribution < -0.4 is 5.56 Å². The molecule has 6 rings (SSSR count). The summed E-state index contributed by atoms with van der Waals surface area (Å²) in [6.45, 7) is 2.49. The van der Waals surface area contributed by atoms with Crippen LogP contribution in [0.4, 0.5) is 8.78 Å². The van der Waals surface area contributed by atoms with E-state index in [0.29, 0.717) is 39.6 Å². The highest BCUT2D eigenvalue weighted by Crippen LogP contribution is 2.55. The molecule has 1 aliphatic rings. The van der Waals surface area contributed by atoms with Gasteiger partial charge in [0.2, 0.25) is 0 Å². The molecule has 198 valence electrons. The molecule has 8 nitrogen and oxygen atoms in total. The van der Waals surface area contributed by atoms with Crippen LogP contribution in [0.3, 0.4) is 0 Å². The summed E-state index contributed by atoms with van der Waals surface area (Å²) in [5, 5.41) is 7.83. The van der Waals surface area contributed by atoms with Crippen LogP contribution in [0, 0.1) is 32.4 Å². The molecule has 0 aliphatic heterocycles. The van der Waals surface area contributed by atoms with Gasteiger partial charge in [0.15, 0.2) is 11.6 Å². The van der Waals surface area contributed by atoms with Crippen molar-refractivity contribution in [3.63, 3.8) is 0 Å². The minimum absolute atomic E-state index is 0.0707. The van der Waals surface area contributed by atoms with Crippen LogP contribution in [-0.2, 0) is 6.98 Å². The highest BCUT2D eigenvalue weighted by atomic mass is 35.5. The Bertz CT molecular complexity index is 1930. The molecule has 0 N–H and O–H groups in total. The molecule has 11 heteroatoms. The molecule has 1 saturated carbocycles. The Morgan fingerprint density at radius 1 is 1.10 bits per heavy atom. The number of hydrogen-bond donors (Lipinski definition) is 0. The van der Waals surface area contributed by atoms with E-state index in [1.165, 1.54) is 29.2 Å². The summed E-state index contributed by atoms with van der Waals surface area (Å²) in [7, 11) is 0. The number of aryl methyl sites for hydroxylation is 4. The minimum Gasteiger partial charge on any atom is -0.301 e. The number of nitrogens with zero attached hydrogens (tertiary/aromatic N) is 7. The Hall–Kier alpha value is -4.18. The molecule has 0 unspecified atom stereocenters. The summed E-state index contributed by atoms with van der Waals surface area (Å²) in [6.07, 6.45) is 6.53. The van der Waals surface area contributed by atoms with Gasteiger partial charge in [-0.25, -0.2) is 13.8 Å². The summed E-state index contributed by atoms with van der Waals surface area (Å²) >= 11 is 6.59. The third-order valence-electron chi connectivity index (χ3n) is 7.16. The van der Waals surface area contributed by atoms with E-state index in [2.05, 4.69) is 20.2 Å². The first-order chi connectivity index (χ1) is 19.9. The standard InChI is InChI=1S/C28H24ClF2N7O/c1-14-12-33-26(17-6-5-7-22(24(17)30)37-9-8-32-16(37)3)25(31)27(14)38-15(2)10-20(23(29)28(38)39)18-11-19(18)21-13-34-36(4)35-21/h5-10,12-13,18-19H,11H2,1-4H3/t18-,19-/m0/s1/i4D3. The monoisotopic (exact) mass is 550 g/mol. The van der Waals surface area contributed by atoms with Crippen LogP contribution in [0.15, 0.2) is 53.8 Å². The van der Waals surface area contributed by atoms with Crippen LogP contribution in [0.5, 0.6) is 0 Å². The molecular weight excluding hydrogens is 524 g/mol. The summed E-state index contributed by atoms with van der Waals surface area (Å²) < 4.78 is 57.2. The second-order valence-electron chi connectivity index (χ2n) is 9.64. The fraction of sp³-hybridized carbons (Fsp3) is 0.250. The largest absolute Gasteiger partial charge is 0.301 e. The lowest BCUT2D eigenvalue weighted by atomic mass is 10.0. The summed E-state index contributed by atoms with van der Waals surface area (Å²) in [5.74, 6) is -1.34. The fourth-order valence-corrected chi connectivity index (χ4v) is 5.42. The zero-order valence-electron chi connectivity index (χ0n) is 24.2. The van der Waals surface area contributed by atoms with E-state index in [9.17, 15) is 4.79 Å². The lowest BCUT2D eigenvalue weighted by Crippen LogP contribution is -2.24. The summed E-state index contributed by atoms with van der Waals surface area (Å²) in [4.78, 5) is 22.7. The van der Waals surface area contributed by atoms with E-state index >= 15 is 8.78 Å². The maximum Gasteiger partial charge on any atom is 0.274 e. The third-order valence-corrected chi connectivity index (χ3v) is 7.54. The van der Waals surface area contributed by atoms with Gasteiger partial charge in [-0.1, -0.05) is 17.7 Å².